The summed E-state index contributed by atoms with van der Waals surface area (Å²) in [5.41, 5.74) is 8.99. The Kier molecular flexibility index (Phi) is 13.7. The normalized spacial score (nSPS) is 25.9. The van der Waals surface area contributed by atoms with E-state index in [0.717, 1.165) is 26.7 Å². The number of nitriles is 1. The Balaban J connectivity index is 1.37. The van der Waals surface area contributed by atoms with Gasteiger partial charge >= 0.3 is 25.7 Å². The number of phosphoric acid groups is 1. The first-order chi connectivity index (χ1) is 29.4. The first kappa shape index (κ1) is 46.0. The van der Waals surface area contributed by atoms with E-state index in [4.69, 9.17) is 53.5 Å². The van der Waals surface area contributed by atoms with Crippen molar-refractivity contribution in [1.82, 2.24) is 39.0 Å². The van der Waals surface area contributed by atoms with Gasteiger partial charge in [0.1, 0.15) is 66.9 Å². The van der Waals surface area contributed by atoms with Gasteiger partial charge in [-0.3, -0.25) is 37.1 Å². The van der Waals surface area contributed by atoms with Crippen molar-refractivity contribution in [2.24, 2.45) is 10.8 Å². The summed E-state index contributed by atoms with van der Waals surface area (Å²) in [5.74, 6) is -2.83. The molecule has 2 aliphatic heterocycles. The molecular weight excluding hydrogens is 849 g/mol. The number of nitrogens with two attached hydrogens (primary N) is 2. The molecule has 0 aliphatic carbocycles. The van der Waals surface area contributed by atoms with Gasteiger partial charge in [0.25, 0.3) is 0 Å². The summed E-state index contributed by atoms with van der Waals surface area (Å²) in [6.45, 7) is 1.32. The maximum atomic E-state index is 15.1. The first-order valence-electron chi connectivity index (χ1n) is 18.5. The summed E-state index contributed by atoms with van der Waals surface area (Å²) in [5, 5.41) is 42.9. The van der Waals surface area contributed by atoms with E-state index in [1.165, 1.54) is 21.8 Å². The fourth-order valence-corrected chi connectivity index (χ4v) is 7.70. The lowest BCUT2D eigenvalue weighted by molar-refractivity contribution is -0.177. The van der Waals surface area contributed by atoms with Crippen molar-refractivity contribution in [2.75, 3.05) is 51.8 Å². The molecule has 4 aromatic rings. The number of aliphatic hydroxyl groups excluding tert-OH is 3. The van der Waals surface area contributed by atoms with Crippen molar-refractivity contribution >= 4 is 59.7 Å². The number of methoxy groups -OCH3 is 1. The molecule has 6 unspecified atom stereocenters. The molecular formula is C34H44N11O16P. The number of carbonyl (C=O) groups is 3. The number of fused-ring (bicyclic) bond motifs is 2. The molecule has 28 heteroatoms. The molecule has 4 aromatic heterocycles. The van der Waals surface area contributed by atoms with Gasteiger partial charge in [0, 0.05) is 6.92 Å². The molecule has 0 amide bonds. The molecule has 6 heterocycles. The third kappa shape index (κ3) is 9.29. The van der Waals surface area contributed by atoms with Gasteiger partial charge in [-0.25, -0.2) is 34.5 Å². The highest BCUT2D eigenvalue weighted by Crippen LogP contribution is 2.56. The van der Waals surface area contributed by atoms with E-state index < -0.39 is 119 Å². The smallest absolute Gasteiger partial charge is 0.468 e. The average Bonchev–Trinajstić information content (AvgIpc) is 4.01. The maximum absolute atomic E-state index is 15.1. The summed E-state index contributed by atoms with van der Waals surface area (Å²) in [7, 11) is -4.39. The molecule has 2 saturated heterocycles. The van der Waals surface area contributed by atoms with Crippen molar-refractivity contribution in [2.45, 2.75) is 76.8 Å². The molecule has 62 heavy (non-hydrogen) atoms. The van der Waals surface area contributed by atoms with Crippen molar-refractivity contribution in [1.29, 1.82) is 5.26 Å². The highest BCUT2D eigenvalue weighted by atomic mass is 31.2. The molecule has 0 saturated carbocycles. The topological polar surface area (TPSA) is 375 Å². The Morgan fingerprint density at radius 2 is 1.45 bits per heavy atom. The lowest BCUT2D eigenvalue weighted by atomic mass is 9.92. The number of hydrogen-bond acceptors (Lipinski definition) is 25. The van der Waals surface area contributed by atoms with Gasteiger partial charge in [0.05, 0.1) is 51.1 Å². The van der Waals surface area contributed by atoms with Gasteiger partial charge in [-0.1, -0.05) is 0 Å². The Bertz CT molecular complexity index is 2370. The van der Waals surface area contributed by atoms with Crippen molar-refractivity contribution in [3.63, 3.8) is 0 Å². The Labute approximate surface area is 350 Å². The van der Waals surface area contributed by atoms with Crippen molar-refractivity contribution < 1.29 is 76.3 Å². The molecule has 6 rings (SSSR count). The molecule has 336 valence electrons. The highest BCUT2D eigenvalue weighted by molar-refractivity contribution is 7.48. The zero-order valence-corrected chi connectivity index (χ0v) is 34.6. The van der Waals surface area contributed by atoms with Gasteiger partial charge in [0.2, 0.25) is 5.41 Å². The zero-order valence-electron chi connectivity index (χ0n) is 33.7. The number of ether oxygens (including phenoxy) is 6. The number of esters is 3. The Morgan fingerprint density at radius 3 is 2.00 bits per heavy atom. The number of aliphatic hydroxyl groups is 3. The van der Waals surface area contributed by atoms with E-state index in [0.29, 0.717) is 0 Å². The van der Waals surface area contributed by atoms with Gasteiger partial charge in [-0.2, -0.15) is 5.26 Å². The minimum Gasteiger partial charge on any atom is -0.468 e. The number of rotatable bonds is 17. The summed E-state index contributed by atoms with van der Waals surface area (Å²) in [6, 6.07) is 1.67. The largest absolute Gasteiger partial charge is 0.475 e. The summed E-state index contributed by atoms with van der Waals surface area (Å²) in [4.78, 5) is 62.0. The standard InChI is InChI=1S/C34H44N11O16P/c1-16(47)54-9-34(8-35,32(51)53-5)10-58-62(52,57-7-18-21(48)22(49)29(60-18)44-13-42-19-25(36)38-11-40-27(19)44)61-24-23(55-15-56-31(50)33(2,3)4)17(6-46)59-30(24)45-14-43-20-26(37)39-12-41-28(20)45/h11-14,17-18,21-24,29-30,46,48-49H,6-7,9-10,15H2,1-5H3,(H2,36,38,40)(H2,37,39,41)/t17-,18-,21?,22?,23?,24?,29-,30-,34?,62?/m1/s1. The van der Waals surface area contributed by atoms with Gasteiger partial charge < -0.3 is 55.2 Å². The molecule has 7 N–H and O–H groups in total. The molecule has 10 atom stereocenters. The molecule has 2 fully saturated rings. The summed E-state index contributed by atoms with van der Waals surface area (Å²) in [6.07, 6.45) is -7.52. The summed E-state index contributed by atoms with van der Waals surface area (Å²) >= 11 is 0. The molecule has 0 bridgehead atoms. The predicted molar refractivity (Wildman–Crippen MR) is 203 cm³/mol. The van der Waals surface area contributed by atoms with Crippen LogP contribution in [0.3, 0.4) is 0 Å². The van der Waals surface area contributed by atoms with E-state index in [1.807, 2.05) is 0 Å². The van der Waals surface area contributed by atoms with E-state index in [9.17, 15) is 35.0 Å². The fraction of sp³-hybridized carbons (Fsp3) is 0.588. The predicted octanol–water partition coefficient (Wildman–Crippen LogP) is -0.956. The first-order valence-corrected chi connectivity index (χ1v) is 20.0. The van der Waals surface area contributed by atoms with Crippen LogP contribution in [0.2, 0.25) is 0 Å². The third-order valence-electron chi connectivity index (χ3n) is 9.62. The van der Waals surface area contributed by atoms with Gasteiger partial charge in [0.15, 0.2) is 42.2 Å². The number of phosphoric ester groups is 1. The van der Waals surface area contributed by atoms with E-state index >= 15 is 4.57 Å². The number of hydrogen-bond donors (Lipinski definition) is 5. The fourth-order valence-electron chi connectivity index (χ4n) is 6.28. The SMILES string of the molecule is COC(=O)C(C#N)(COC(C)=O)COP(=O)(OC[C@H]1O[C@@H](n2cnc3c(N)ncnc32)C(O)C1O)OC1C(OCOC(=O)C(C)(C)C)[C@@H](CO)O[C@H]1n1cnc2c(N)ncnc21. The van der Waals surface area contributed by atoms with Crippen LogP contribution in [-0.2, 0) is 60.9 Å². The second kappa shape index (κ2) is 18.4. The van der Waals surface area contributed by atoms with Crippen LogP contribution in [0.15, 0.2) is 25.3 Å². The van der Waals surface area contributed by atoms with Gasteiger partial charge in [-0.15, -0.1) is 0 Å². The number of nitrogens with zero attached hydrogens (tertiary/aromatic N) is 9. The summed E-state index contributed by atoms with van der Waals surface area (Å²) < 4.78 is 68.3. The van der Waals surface area contributed by atoms with Crippen LogP contribution in [-0.4, -0.2) is 149 Å². The maximum Gasteiger partial charge on any atom is 0.475 e. The number of carbonyl (C=O) groups excluding carboxylic acids is 3. The van der Waals surface area contributed by atoms with Crippen LogP contribution in [0.1, 0.15) is 40.2 Å². The van der Waals surface area contributed by atoms with Crippen LogP contribution in [0.5, 0.6) is 0 Å². The van der Waals surface area contributed by atoms with Crippen molar-refractivity contribution in [3.8, 4) is 6.07 Å². The number of imidazole rings is 2. The second-order valence-electron chi connectivity index (χ2n) is 14.9. The number of nitrogen functional groups attached to an aromatic ring is 2. The second-order valence-corrected chi connectivity index (χ2v) is 16.6. The minimum absolute atomic E-state index is 0.0258. The minimum atomic E-state index is -5.33. The molecule has 27 nitrogen and oxygen atoms in total. The van der Waals surface area contributed by atoms with E-state index in [2.05, 4.69) is 29.9 Å². The molecule has 0 aromatic carbocycles. The van der Waals surface area contributed by atoms with Gasteiger partial charge in [-0.05, 0) is 20.8 Å². The molecule has 2 aliphatic rings. The van der Waals surface area contributed by atoms with Crippen LogP contribution < -0.4 is 11.5 Å². The van der Waals surface area contributed by atoms with Crippen LogP contribution >= 0.6 is 7.82 Å². The lowest BCUT2D eigenvalue weighted by Crippen LogP contribution is -2.41. The quantitative estimate of drug-likeness (QED) is 0.0369. The third-order valence-corrected chi connectivity index (χ3v) is 11.0. The highest BCUT2D eigenvalue weighted by Gasteiger charge is 2.54. The van der Waals surface area contributed by atoms with E-state index in [1.54, 1.807) is 26.8 Å². The monoisotopic (exact) mass is 893 g/mol. The van der Waals surface area contributed by atoms with Crippen molar-refractivity contribution in [3.05, 3.63) is 25.3 Å². The van der Waals surface area contributed by atoms with E-state index in [-0.39, 0.29) is 34.0 Å². The zero-order chi connectivity index (χ0) is 45.1. The van der Waals surface area contributed by atoms with Crippen LogP contribution in [0.25, 0.3) is 22.3 Å². The molecule has 0 radical (unpaired) electrons. The Morgan fingerprint density at radius 1 is 0.855 bits per heavy atom. The number of aromatic nitrogens is 8. The van der Waals surface area contributed by atoms with Crippen LogP contribution in [0.4, 0.5) is 11.6 Å². The molecule has 0 spiro atoms. The number of anilines is 2. The average molecular weight is 894 g/mol. The Hall–Kier alpha value is -5.53. The lowest BCUT2D eigenvalue weighted by Gasteiger charge is -2.30. The van der Waals surface area contributed by atoms with Crippen LogP contribution in [0, 0.1) is 22.2 Å².